The molecule has 2 rings (SSSR count). The number of carbonyl (C=O) groups excluding carboxylic acids is 2. The Labute approximate surface area is 138 Å². The zero-order chi connectivity index (χ0) is 17.2. The van der Waals surface area contributed by atoms with Crippen LogP contribution < -0.4 is 0 Å². The summed E-state index contributed by atoms with van der Waals surface area (Å²) in [5, 5.41) is 9.72. The zero-order valence-electron chi connectivity index (χ0n) is 14.5. The molecule has 2 unspecified atom stereocenters. The number of amides is 1. The first-order valence-corrected chi connectivity index (χ1v) is 8.32. The van der Waals surface area contributed by atoms with Gasteiger partial charge in [0.1, 0.15) is 0 Å². The van der Waals surface area contributed by atoms with Gasteiger partial charge in [-0.1, -0.05) is 45.0 Å². The molecule has 4 heteroatoms. The van der Waals surface area contributed by atoms with E-state index in [1.54, 1.807) is 24.0 Å². The van der Waals surface area contributed by atoms with Crippen molar-refractivity contribution >= 4 is 11.7 Å². The Balaban J connectivity index is 2.09. The topological polar surface area (TPSA) is 57.6 Å². The molecular weight excluding hydrogens is 290 g/mol. The van der Waals surface area contributed by atoms with Crippen LogP contribution in [0.3, 0.4) is 0 Å². The van der Waals surface area contributed by atoms with Gasteiger partial charge >= 0.3 is 0 Å². The summed E-state index contributed by atoms with van der Waals surface area (Å²) in [5.74, 6) is -0.862. The van der Waals surface area contributed by atoms with Crippen molar-refractivity contribution in [3.05, 3.63) is 35.4 Å². The number of likely N-dealkylation sites (tertiary alicyclic amines) is 1. The lowest BCUT2D eigenvalue weighted by Gasteiger charge is -2.33. The van der Waals surface area contributed by atoms with E-state index in [-0.39, 0.29) is 11.3 Å². The van der Waals surface area contributed by atoms with E-state index in [4.69, 9.17) is 0 Å². The molecule has 1 heterocycles. The molecule has 0 radical (unpaired) electrons. The van der Waals surface area contributed by atoms with Crippen LogP contribution >= 0.6 is 0 Å². The monoisotopic (exact) mass is 317 g/mol. The van der Waals surface area contributed by atoms with Gasteiger partial charge in [0.25, 0.3) is 5.91 Å². The molecule has 1 N–H and O–H groups in total. The van der Waals surface area contributed by atoms with Gasteiger partial charge in [-0.25, -0.2) is 0 Å². The number of hydrogen-bond donors (Lipinski definition) is 1. The van der Waals surface area contributed by atoms with Crippen LogP contribution in [-0.4, -0.2) is 40.9 Å². The SMILES string of the molecule is CC(O)C1CCCN(C(=O)C(=O)c2ccc(C(C)(C)C)cc2)C1. The molecule has 1 amide bonds. The average Bonchev–Trinajstić information content (AvgIpc) is 2.53. The molecule has 0 aromatic heterocycles. The molecule has 1 aliphatic rings. The predicted molar refractivity (Wildman–Crippen MR) is 90.5 cm³/mol. The highest BCUT2D eigenvalue weighted by Gasteiger charge is 2.30. The fourth-order valence-electron chi connectivity index (χ4n) is 2.98. The van der Waals surface area contributed by atoms with Crippen LogP contribution in [0, 0.1) is 5.92 Å². The largest absolute Gasteiger partial charge is 0.393 e. The maximum Gasteiger partial charge on any atom is 0.294 e. The second kappa shape index (κ2) is 6.83. The van der Waals surface area contributed by atoms with Gasteiger partial charge in [-0.15, -0.1) is 0 Å². The fraction of sp³-hybridized carbons (Fsp3) is 0.579. The smallest absolute Gasteiger partial charge is 0.294 e. The molecule has 2 atom stereocenters. The Bertz CT molecular complexity index is 569. The lowest BCUT2D eigenvalue weighted by Crippen LogP contribution is -2.45. The Kier molecular flexibility index (Phi) is 5.25. The third-order valence-corrected chi connectivity index (χ3v) is 4.63. The highest BCUT2D eigenvalue weighted by atomic mass is 16.3. The second-order valence-electron chi connectivity index (χ2n) is 7.55. The number of ketones is 1. The van der Waals surface area contributed by atoms with Crippen molar-refractivity contribution in [3.63, 3.8) is 0 Å². The lowest BCUT2D eigenvalue weighted by atomic mass is 9.86. The van der Waals surface area contributed by atoms with Crippen molar-refractivity contribution in [3.8, 4) is 0 Å². The summed E-state index contributed by atoms with van der Waals surface area (Å²) in [6.07, 6.45) is 1.28. The zero-order valence-corrected chi connectivity index (χ0v) is 14.5. The van der Waals surface area contributed by atoms with Crippen molar-refractivity contribution in [1.29, 1.82) is 0 Å². The van der Waals surface area contributed by atoms with Crippen molar-refractivity contribution in [1.82, 2.24) is 4.90 Å². The predicted octanol–water partition coefficient (Wildman–Crippen LogP) is 2.79. The van der Waals surface area contributed by atoms with E-state index in [1.807, 2.05) is 12.1 Å². The van der Waals surface area contributed by atoms with Gasteiger partial charge in [0, 0.05) is 24.6 Å². The Morgan fingerprint density at radius 3 is 2.35 bits per heavy atom. The van der Waals surface area contributed by atoms with Crippen LogP contribution in [0.4, 0.5) is 0 Å². The number of Topliss-reactive ketones (excluding diaryl/α,β-unsaturated/α-hetero) is 1. The molecule has 4 nitrogen and oxygen atoms in total. The van der Waals surface area contributed by atoms with Gasteiger partial charge in [0.05, 0.1) is 6.10 Å². The van der Waals surface area contributed by atoms with Crippen LogP contribution in [0.1, 0.15) is 56.5 Å². The first kappa shape index (κ1) is 17.7. The summed E-state index contributed by atoms with van der Waals surface area (Å²) in [6.45, 7) is 9.12. The van der Waals surface area contributed by atoms with E-state index < -0.39 is 17.8 Å². The minimum atomic E-state index is -0.461. The minimum Gasteiger partial charge on any atom is -0.393 e. The molecular formula is C19H27NO3. The third kappa shape index (κ3) is 4.20. The lowest BCUT2D eigenvalue weighted by molar-refractivity contribution is -0.128. The average molecular weight is 317 g/mol. The van der Waals surface area contributed by atoms with Crippen LogP contribution in [-0.2, 0) is 10.2 Å². The molecule has 0 spiro atoms. The van der Waals surface area contributed by atoms with Gasteiger partial charge < -0.3 is 10.0 Å². The van der Waals surface area contributed by atoms with Crippen molar-refractivity contribution in [2.45, 2.75) is 52.1 Å². The summed E-state index contributed by atoms with van der Waals surface area (Å²) >= 11 is 0. The Morgan fingerprint density at radius 1 is 1.22 bits per heavy atom. The molecule has 1 aromatic rings. The molecule has 1 aliphatic heterocycles. The van der Waals surface area contributed by atoms with Crippen molar-refractivity contribution in [2.24, 2.45) is 5.92 Å². The van der Waals surface area contributed by atoms with Gasteiger partial charge in [-0.05, 0) is 30.7 Å². The first-order chi connectivity index (χ1) is 10.7. The number of aliphatic hydroxyl groups excluding tert-OH is 1. The molecule has 1 aromatic carbocycles. The molecule has 0 aliphatic carbocycles. The van der Waals surface area contributed by atoms with Crippen LogP contribution in [0.5, 0.6) is 0 Å². The summed E-state index contributed by atoms with van der Waals surface area (Å²) in [7, 11) is 0. The standard InChI is InChI=1S/C19H27NO3/c1-13(21)15-6-5-11-20(12-15)18(23)17(22)14-7-9-16(10-8-14)19(2,3)4/h7-10,13,15,21H,5-6,11-12H2,1-4H3. The van der Waals surface area contributed by atoms with E-state index in [0.717, 1.165) is 18.4 Å². The van der Waals surface area contributed by atoms with E-state index in [9.17, 15) is 14.7 Å². The number of piperidine rings is 1. The molecule has 0 saturated carbocycles. The number of carbonyl (C=O) groups is 2. The number of hydrogen-bond acceptors (Lipinski definition) is 3. The number of nitrogens with zero attached hydrogens (tertiary/aromatic N) is 1. The summed E-state index contributed by atoms with van der Waals surface area (Å²) < 4.78 is 0. The second-order valence-corrected chi connectivity index (χ2v) is 7.55. The number of rotatable bonds is 3. The van der Waals surface area contributed by atoms with Gasteiger partial charge in [0.15, 0.2) is 0 Å². The molecule has 1 saturated heterocycles. The molecule has 0 bridgehead atoms. The van der Waals surface area contributed by atoms with Crippen molar-refractivity contribution in [2.75, 3.05) is 13.1 Å². The van der Waals surface area contributed by atoms with Crippen molar-refractivity contribution < 1.29 is 14.7 Å². The summed E-state index contributed by atoms with van der Waals surface area (Å²) in [5.41, 5.74) is 1.58. The summed E-state index contributed by atoms with van der Waals surface area (Å²) in [6, 6.07) is 7.29. The highest BCUT2D eigenvalue weighted by Crippen LogP contribution is 2.23. The Hall–Kier alpha value is -1.68. The van der Waals surface area contributed by atoms with E-state index in [2.05, 4.69) is 20.8 Å². The van der Waals surface area contributed by atoms with Crippen LogP contribution in [0.2, 0.25) is 0 Å². The van der Waals surface area contributed by atoms with Gasteiger partial charge in [0.2, 0.25) is 5.78 Å². The van der Waals surface area contributed by atoms with Gasteiger partial charge in [-0.3, -0.25) is 9.59 Å². The molecule has 126 valence electrons. The molecule has 1 fully saturated rings. The van der Waals surface area contributed by atoms with E-state index in [0.29, 0.717) is 18.7 Å². The van der Waals surface area contributed by atoms with Crippen LogP contribution in [0.15, 0.2) is 24.3 Å². The molecule has 23 heavy (non-hydrogen) atoms. The minimum absolute atomic E-state index is 0.0168. The Morgan fingerprint density at radius 2 is 1.83 bits per heavy atom. The number of benzene rings is 1. The van der Waals surface area contributed by atoms with Crippen LogP contribution in [0.25, 0.3) is 0 Å². The van der Waals surface area contributed by atoms with E-state index >= 15 is 0 Å². The highest BCUT2D eigenvalue weighted by molar-refractivity contribution is 6.42. The van der Waals surface area contributed by atoms with Gasteiger partial charge in [-0.2, -0.15) is 0 Å². The third-order valence-electron chi connectivity index (χ3n) is 4.63. The fourth-order valence-corrected chi connectivity index (χ4v) is 2.98. The maximum atomic E-state index is 12.4. The van der Waals surface area contributed by atoms with E-state index in [1.165, 1.54) is 0 Å². The quantitative estimate of drug-likeness (QED) is 0.689. The normalized spacial score (nSPS) is 20.2. The number of aliphatic hydroxyl groups is 1. The summed E-state index contributed by atoms with van der Waals surface area (Å²) in [4.78, 5) is 26.5. The first-order valence-electron chi connectivity index (χ1n) is 8.32. The maximum absolute atomic E-state index is 12.4.